The standard InChI is InChI=1S/C25H20F2N2O6/c1-32-18-8-17(15-4-2-3-14(7-15)13-28)9-19(11-18)34-23-20(26)12-21(27)24(29-23)35-25-16(5-6-33-25)10-22(30)31/h2-9,11-12H,10,13,28H2,1H3,(H,30,31). The zero-order valence-electron chi connectivity index (χ0n) is 18.5. The first kappa shape index (κ1) is 23.7. The molecule has 0 aliphatic heterocycles. The fourth-order valence-corrected chi connectivity index (χ4v) is 3.27. The summed E-state index contributed by atoms with van der Waals surface area (Å²) in [6.45, 7) is 0.360. The van der Waals surface area contributed by atoms with E-state index < -0.39 is 35.8 Å². The van der Waals surface area contributed by atoms with E-state index in [9.17, 15) is 13.6 Å². The summed E-state index contributed by atoms with van der Waals surface area (Å²) in [6.07, 6.45) is 0.764. The van der Waals surface area contributed by atoms with Crippen LogP contribution in [0.15, 0.2) is 65.3 Å². The first-order valence-corrected chi connectivity index (χ1v) is 10.3. The molecular formula is C25H20F2N2O6. The van der Waals surface area contributed by atoms with Crippen LogP contribution >= 0.6 is 0 Å². The number of furan rings is 1. The van der Waals surface area contributed by atoms with Gasteiger partial charge in [-0.1, -0.05) is 18.2 Å². The monoisotopic (exact) mass is 482 g/mol. The van der Waals surface area contributed by atoms with Crippen molar-refractivity contribution < 1.29 is 37.3 Å². The minimum absolute atomic E-state index is 0.155. The van der Waals surface area contributed by atoms with Crippen molar-refractivity contribution in [2.24, 2.45) is 5.73 Å². The van der Waals surface area contributed by atoms with Crippen LogP contribution in [-0.2, 0) is 17.8 Å². The summed E-state index contributed by atoms with van der Waals surface area (Å²) in [7, 11) is 1.47. The zero-order valence-corrected chi connectivity index (χ0v) is 18.5. The second-order valence-corrected chi connectivity index (χ2v) is 7.37. The van der Waals surface area contributed by atoms with Gasteiger partial charge in [0.05, 0.1) is 19.8 Å². The maximum absolute atomic E-state index is 14.5. The second-order valence-electron chi connectivity index (χ2n) is 7.37. The molecular weight excluding hydrogens is 462 g/mol. The maximum atomic E-state index is 14.5. The fraction of sp³-hybridized carbons (Fsp3) is 0.120. The van der Waals surface area contributed by atoms with Gasteiger partial charge in [0.15, 0.2) is 11.6 Å². The molecule has 8 nitrogen and oxygen atoms in total. The van der Waals surface area contributed by atoms with Crippen LogP contribution in [0.1, 0.15) is 11.1 Å². The molecule has 0 aliphatic rings. The van der Waals surface area contributed by atoms with E-state index in [1.54, 1.807) is 12.1 Å². The Morgan fingerprint density at radius 3 is 2.46 bits per heavy atom. The lowest BCUT2D eigenvalue weighted by molar-refractivity contribution is -0.136. The van der Waals surface area contributed by atoms with Crippen LogP contribution in [0.25, 0.3) is 11.1 Å². The highest BCUT2D eigenvalue weighted by atomic mass is 19.1. The van der Waals surface area contributed by atoms with Crippen molar-refractivity contribution in [1.82, 2.24) is 4.98 Å². The normalized spacial score (nSPS) is 10.7. The molecule has 0 fully saturated rings. The topological polar surface area (TPSA) is 117 Å². The summed E-state index contributed by atoms with van der Waals surface area (Å²) in [5, 5.41) is 8.98. The molecule has 0 amide bonds. The highest BCUT2D eigenvalue weighted by Gasteiger charge is 2.20. The number of rotatable bonds is 9. The van der Waals surface area contributed by atoms with E-state index in [0.717, 1.165) is 11.1 Å². The summed E-state index contributed by atoms with van der Waals surface area (Å²) in [4.78, 5) is 14.8. The number of carboxylic acids is 1. The van der Waals surface area contributed by atoms with Gasteiger partial charge in [-0.05, 0) is 41.0 Å². The maximum Gasteiger partial charge on any atom is 0.308 e. The smallest absolute Gasteiger partial charge is 0.308 e. The number of aliphatic carboxylic acids is 1. The minimum Gasteiger partial charge on any atom is -0.497 e. The lowest BCUT2D eigenvalue weighted by Crippen LogP contribution is -2.02. The average molecular weight is 482 g/mol. The van der Waals surface area contributed by atoms with E-state index in [1.165, 1.54) is 25.5 Å². The number of aromatic nitrogens is 1. The lowest BCUT2D eigenvalue weighted by Gasteiger charge is -2.12. The van der Waals surface area contributed by atoms with Crippen LogP contribution in [0.4, 0.5) is 8.78 Å². The van der Waals surface area contributed by atoms with Crippen LogP contribution in [0.2, 0.25) is 0 Å². The number of pyridine rings is 1. The van der Waals surface area contributed by atoms with Crippen molar-refractivity contribution in [3.8, 4) is 40.3 Å². The molecule has 4 rings (SSSR count). The Morgan fingerprint density at radius 2 is 1.74 bits per heavy atom. The Hall–Kier alpha value is -4.44. The molecule has 0 bridgehead atoms. The third-order valence-corrected chi connectivity index (χ3v) is 4.93. The number of hydrogen-bond acceptors (Lipinski definition) is 7. The largest absolute Gasteiger partial charge is 0.497 e. The molecule has 180 valence electrons. The Morgan fingerprint density at radius 1 is 1.00 bits per heavy atom. The number of ether oxygens (including phenoxy) is 3. The summed E-state index contributed by atoms with van der Waals surface area (Å²) >= 11 is 0. The van der Waals surface area contributed by atoms with Gasteiger partial charge in [-0.25, -0.2) is 8.78 Å². The molecule has 2 aromatic carbocycles. The third kappa shape index (κ3) is 5.56. The number of carbonyl (C=O) groups is 1. The van der Waals surface area contributed by atoms with Crippen LogP contribution in [0, 0.1) is 11.6 Å². The molecule has 4 aromatic rings. The quantitative estimate of drug-likeness (QED) is 0.330. The fourth-order valence-electron chi connectivity index (χ4n) is 3.27. The summed E-state index contributed by atoms with van der Waals surface area (Å²) in [6, 6.07) is 14.4. The first-order valence-electron chi connectivity index (χ1n) is 10.3. The van der Waals surface area contributed by atoms with Crippen molar-refractivity contribution in [1.29, 1.82) is 0 Å². The zero-order chi connectivity index (χ0) is 24.9. The highest BCUT2D eigenvalue weighted by molar-refractivity contribution is 5.71. The number of methoxy groups -OCH3 is 1. The van der Waals surface area contributed by atoms with Crippen LogP contribution in [-0.4, -0.2) is 23.2 Å². The number of carboxylic acid groups (broad SMARTS) is 1. The van der Waals surface area contributed by atoms with E-state index in [-0.39, 0.29) is 17.3 Å². The predicted molar refractivity (Wildman–Crippen MR) is 121 cm³/mol. The van der Waals surface area contributed by atoms with E-state index in [0.29, 0.717) is 23.9 Å². The van der Waals surface area contributed by atoms with Crippen molar-refractivity contribution in [2.45, 2.75) is 13.0 Å². The van der Waals surface area contributed by atoms with Gasteiger partial charge in [-0.3, -0.25) is 4.79 Å². The Kier molecular flexibility index (Phi) is 6.93. The molecule has 3 N–H and O–H groups in total. The van der Waals surface area contributed by atoms with Crippen molar-refractivity contribution in [3.05, 3.63) is 83.6 Å². The van der Waals surface area contributed by atoms with E-state index in [4.69, 9.17) is 29.5 Å². The van der Waals surface area contributed by atoms with E-state index in [1.807, 2.05) is 24.3 Å². The molecule has 0 aliphatic carbocycles. The van der Waals surface area contributed by atoms with Gasteiger partial charge in [0.25, 0.3) is 17.7 Å². The van der Waals surface area contributed by atoms with Gasteiger partial charge in [0.2, 0.25) is 0 Å². The van der Waals surface area contributed by atoms with Crippen molar-refractivity contribution in [2.75, 3.05) is 7.11 Å². The van der Waals surface area contributed by atoms with Gasteiger partial charge in [-0.2, -0.15) is 4.98 Å². The van der Waals surface area contributed by atoms with Gasteiger partial charge < -0.3 is 29.5 Å². The highest BCUT2D eigenvalue weighted by Crippen LogP contribution is 2.35. The van der Waals surface area contributed by atoms with E-state index >= 15 is 0 Å². The number of nitrogens with zero attached hydrogens (tertiary/aromatic N) is 1. The first-order chi connectivity index (χ1) is 16.9. The second kappa shape index (κ2) is 10.2. The van der Waals surface area contributed by atoms with Crippen molar-refractivity contribution in [3.63, 3.8) is 0 Å². The van der Waals surface area contributed by atoms with Gasteiger partial charge >= 0.3 is 5.97 Å². The van der Waals surface area contributed by atoms with E-state index in [2.05, 4.69) is 4.98 Å². The molecule has 0 spiro atoms. The lowest BCUT2D eigenvalue weighted by atomic mass is 10.0. The summed E-state index contributed by atoms with van der Waals surface area (Å²) in [5.74, 6) is -4.23. The van der Waals surface area contributed by atoms with Crippen LogP contribution < -0.4 is 19.9 Å². The van der Waals surface area contributed by atoms with Crippen LogP contribution in [0.3, 0.4) is 0 Å². The van der Waals surface area contributed by atoms with Gasteiger partial charge in [-0.15, -0.1) is 0 Å². The molecule has 0 saturated carbocycles. The number of nitrogens with two attached hydrogens (primary N) is 1. The van der Waals surface area contributed by atoms with Gasteiger partial charge in [0, 0.05) is 24.2 Å². The molecule has 35 heavy (non-hydrogen) atoms. The van der Waals surface area contributed by atoms with Gasteiger partial charge in [0.1, 0.15) is 11.5 Å². The molecule has 2 aromatic heterocycles. The molecule has 0 atom stereocenters. The average Bonchev–Trinajstić information content (AvgIpc) is 3.27. The molecule has 0 unspecified atom stereocenters. The number of hydrogen-bond donors (Lipinski definition) is 2. The Labute approximate surface area is 198 Å². The molecule has 2 heterocycles. The Balaban J connectivity index is 1.66. The SMILES string of the molecule is COc1cc(Oc2nc(Oc3occc3CC(=O)O)c(F)cc2F)cc(-c2cccc(CN)c2)c1. The third-order valence-electron chi connectivity index (χ3n) is 4.93. The molecule has 0 radical (unpaired) electrons. The number of benzene rings is 2. The predicted octanol–water partition coefficient (Wildman–Crippen LogP) is 5.30. The summed E-state index contributed by atoms with van der Waals surface area (Å²) < 4.78 is 50.2. The molecule has 0 saturated heterocycles. The number of halogens is 2. The minimum atomic E-state index is -1.14. The van der Waals surface area contributed by atoms with Crippen LogP contribution in [0.5, 0.6) is 29.2 Å². The van der Waals surface area contributed by atoms with Crippen molar-refractivity contribution >= 4 is 5.97 Å². The summed E-state index contributed by atoms with van der Waals surface area (Å²) in [5.41, 5.74) is 8.35. The Bertz CT molecular complexity index is 1370. The molecule has 10 heteroatoms.